The maximum Gasteiger partial charge on any atom is 0.180 e. The van der Waals surface area contributed by atoms with Crippen molar-refractivity contribution in [1.29, 1.82) is 0 Å². The summed E-state index contributed by atoms with van der Waals surface area (Å²) < 4.78 is 10.3. The van der Waals surface area contributed by atoms with Gasteiger partial charge in [0.1, 0.15) is 6.61 Å². The molecular weight excluding hydrogens is 184 g/mol. The number of hydrogen-bond acceptors (Lipinski definition) is 4. The average molecular weight is 194 g/mol. The maximum atomic E-state index is 9.60. The Kier molecular flexibility index (Phi) is 2.05. The second-order valence-electron chi connectivity index (χ2n) is 2.87. The molecule has 4 heteroatoms. The summed E-state index contributed by atoms with van der Waals surface area (Å²) >= 11 is 0. The second kappa shape index (κ2) is 3.23. The molecule has 14 heavy (non-hydrogen) atoms. The monoisotopic (exact) mass is 194 g/mol. The van der Waals surface area contributed by atoms with Crippen LogP contribution in [0.15, 0.2) is 22.6 Å². The first-order chi connectivity index (χ1) is 6.77. The molecule has 2 rings (SSSR count). The van der Waals surface area contributed by atoms with Crippen LogP contribution in [0, 0.1) is 0 Å². The number of aliphatic hydroxyl groups is 1. The Morgan fingerprint density at radius 1 is 1.43 bits per heavy atom. The summed E-state index contributed by atoms with van der Waals surface area (Å²) in [5.41, 5.74) is 0.455. The number of ether oxygens (including phenoxy) is 1. The molecule has 0 saturated heterocycles. The van der Waals surface area contributed by atoms with Crippen LogP contribution in [0.1, 0.15) is 5.76 Å². The van der Waals surface area contributed by atoms with Crippen molar-refractivity contribution >= 4 is 11.0 Å². The van der Waals surface area contributed by atoms with Crippen LogP contribution in [0.2, 0.25) is 0 Å². The molecule has 0 amide bonds. The first-order valence-electron chi connectivity index (χ1n) is 4.16. The standard InChI is InChI=1S/C10H10O4/c1-13-7-4-2-3-6-9(12)8(5-11)14-10(6)7/h2-4,11-12H,5H2,1H3. The third-order valence-corrected chi connectivity index (χ3v) is 2.09. The third-order valence-electron chi connectivity index (χ3n) is 2.09. The molecule has 0 aliphatic heterocycles. The van der Waals surface area contributed by atoms with Crippen LogP contribution in [0.4, 0.5) is 0 Å². The van der Waals surface area contributed by atoms with E-state index in [1.54, 1.807) is 18.2 Å². The van der Waals surface area contributed by atoms with Crippen LogP contribution >= 0.6 is 0 Å². The fraction of sp³-hybridized carbons (Fsp3) is 0.200. The van der Waals surface area contributed by atoms with E-state index in [0.717, 1.165) is 0 Å². The normalized spacial score (nSPS) is 10.7. The summed E-state index contributed by atoms with van der Waals surface area (Å²) in [6, 6.07) is 5.18. The lowest BCUT2D eigenvalue weighted by Gasteiger charge is -1.98. The van der Waals surface area contributed by atoms with Gasteiger partial charge in [0.2, 0.25) is 0 Å². The van der Waals surface area contributed by atoms with E-state index in [4.69, 9.17) is 14.3 Å². The predicted octanol–water partition coefficient (Wildman–Crippen LogP) is 1.64. The van der Waals surface area contributed by atoms with Gasteiger partial charge in [0, 0.05) is 0 Å². The minimum atomic E-state index is -0.330. The lowest BCUT2D eigenvalue weighted by atomic mass is 10.2. The van der Waals surface area contributed by atoms with Crippen molar-refractivity contribution in [2.75, 3.05) is 7.11 Å². The molecule has 1 aromatic carbocycles. The van der Waals surface area contributed by atoms with Crippen molar-refractivity contribution in [3.05, 3.63) is 24.0 Å². The Morgan fingerprint density at radius 3 is 2.86 bits per heavy atom. The smallest absolute Gasteiger partial charge is 0.180 e. The van der Waals surface area contributed by atoms with E-state index in [-0.39, 0.29) is 18.1 Å². The van der Waals surface area contributed by atoms with Crippen molar-refractivity contribution in [2.45, 2.75) is 6.61 Å². The molecule has 0 unspecified atom stereocenters. The largest absolute Gasteiger partial charge is 0.504 e. The molecule has 0 atom stereocenters. The van der Waals surface area contributed by atoms with Crippen molar-refractivity contribution in [3.63, 3.8) is 0 Å². The number of methoxy groups -OCH3 is 1. The van der Waals surface area contributed by atoms with Crippen molar-refractivity contribution in [3.8, 4) is 11.5 Å². The molecule has 2 aromatic rings. The highest BCUT2D eigenvalue weighted by Gasteiger charge is 2.14. The highest BCUT2D eigenvalue weighted by Crippen LogP contribution is 2.36. The van der Waals surface area contributed by atoms with Crippen molar-refractivity contribution < 1.29 is 19.4 Å². The van der Waals surface area contributed by atoms with E-state index < -0.39 is 0 Å². The predicted molar refractivity (Wildman–Crippen MR) is 50.4 cm³/mol. The van der Waals surface area contributed by atoms with E-state index in [1.807, 2.05) is 0 Å². The highest BCUT2D eigenvalue weighted by atomic mass is 16.5. The molecule has 1 aromatic heterocycles. The molecule has 0 bridgehead atoms. The molecule has 1 heterocycles. The molecule has 0 saturated carbocycles. The number of rotatable bonds is 2. The van der Waals surface area contributed by atoms with Crippen LogP contribution in [-0.4, -0.2) is 17.3 Å². The molecule has 2 N–H and O–H groups in total. The Balaban J connectivity index is 2.77. The van der Waals surface area contributed by atoms with Gasteiger partial charge in [-0.2, -0.15) is 0 Å². The van der Waals surface area contributed by atoms with Gasteiger partial charge in [0.25, 0.3) is 0 Å². The number of hydrogen-bond donors (Lipinski definition) is 2. The van der Waals surface area contributed by atoms with Gasteiger partial charge in [0.15, 0.2) is 22.8 Å². The van der Waals surface area contributed by atoms with E-state index in [9.17, 15) is 5.11 Å². The summed E-state index contributed by atoms with van der Waals surface area (Å²) in [6.07, 6.45) is 0. The van der Waals surface area contributed by atoms with Crippen LogP contribution in [0.25, 0.3) is 11.0 Å². The highest BCUT2D eigenvalue weighted by molar-refractivity contribution is 5.89. The van der Waals surface area contributed by atoms with E-state index in [2.05, 4.69) is 0 Å². The Morgan fingerprint density at radius 2 is 2.21 bits per heavy atom. The number of furan rings is 1. The molecular formula is C10H10O4. The van der Waals surface area contributed by atoms with E-state index in [0.29, 0.717) is 16.7 Å². The van der Waals surface area contributed by atoms with Gasteiger partial charge in [-0.3, -0.25) is 0 Å². The van der Waals surface area contributed by atoms with Gasteiger partial charge in [0.05, 0.1) is 12.5 Å². The first kappa shape index (κ1) is 8.90. The number of fused-ring (bicyclic) bond motifs is 1. The minimum absolute atomic E-state index is 0.0265. The number of aliphatic hydroxyl groups excluding tert-OH is 1. The van der Waals surface area contributed by atoms with E-state index >= 15 is 0 Å². The Bertz CT molecular complexity index is 458. The zero-order chi connectivity index (χ0) is 10.1. The van der Waals surface area contributed by atoms with Crippen LogP contribution < -0.4 is 4.74 Å². The molecule has 0 radical (unpaired) electrons. The summed E-state index contributed by atoms with van der Waals surface area (Å²) in [7, 11) is 1.52. The van der Waals surface area contributed by atoms with Gasteiger partial charge < -0.3 is 19.4 Å². The molecule has 0 fully saturated rings. The molecule has 74 valence electrons. The molecule has 0 spiro atoms. The number of aromatic hydroxyl groups is 1. The molecule has 0 aliphatic carbocycles. The van der Waals surface area contributed by atoms with Gasteiger partial charge in [-0.1, -0.05) is 6.07 Å². The fourth-order valence-corrected chi connectivity index (χ4v) is 1.40. The fourth-order valence-electron chi connectivity index (χ4n) is 1.40. The molecule has 0 aliphatic rings. The van der Waals surface area contributed by atoms with Gasteiger partial charge in [-0.15, -0.1) is 0 Å². The summed E-state index contributed by atoms with van der Waals surface area (Å²) in [5, 5.41) is 19.0. The SMILES string of the molecule is COc1cccc2c(O)c(CO)oc12. The maximum absolute atomic E-state index is 9.60. The number of para-hydroxylation sites is 1. The average Bonchev–Trinajstić information content (AvgIpc) is 2.55. The third kappa shape index (κ3) is 1.12. The minimum Gasteiger partial charge on any atom is -0.504 e. The zero-order valence-corrected chi connectivity index (χ0v) is 7.65. The van der Waals surface area contributed by atoms with Crippen molar-refractivity contribution in [1.82, 2.24) is 0 Å². The van der Waals surface area contributed by atoms with Gasteiger partial charge in [-0.05, 0) is 12.1 Å². The van der Waals surface area contributed by atoms with Crippen LogP contribution in [0.5, 0.6) is 11.5 Å². The van der Waals surface area contributed by atoms with Gasteiger partial charge in [-0.25, -0.2) is 0 Å². The summed E-state index contributed by atoms with van der Waals surface area (Å²) in [6.45, 7) is -0.330. The summed E-state index contributed by atoms with van der Waals surface area (Å²) in [4.78, 5) is 0. The lowest BCUT2D eigenvalue weighted by Crippen LogP contribution is -1.81. The van der Waals surface area contributed by atoms with E-state index in [1.165, 1.54) is 7.11 Å². The first-order valence-corrected chi connectivity index (χ1v) is 4.16. The molecule has 4 nitrogen and oxygen atoms in total. The van der Waals surface area contributed by atoms with Crippen LogP contribution in [0.3, 0.4) is 0 Å². The Labute approximate surface area is 80.3 Å². The van der Waals surface area contributed by atoms with Crippen molar-refractivity contribution in [2.24, 2.45) is 0 Å². The summed E-state index contributed by atoms with van der Waals surface area (Å²) in [5.74, 6) is 0.670. The van der Waals surface area contributed by atoms with Gasteiger partial charge >= 0.3 is 0 Å². The number of benzene rings is 1. The second-order valence-corrected chi connectivity index (χ2v) is 2.87. The lowest BCUT2D eigenvalue weighted by molar-refractivity contribution is 0.242. The Hall–Kier alpha value is -1.68. The van der Waals surface area contributed by atoms with Crippen LogP contribution in [-0.2, 0) is 6.61 Å². The zero-order valence-electron chi connectivity index (χ0n) is 7.65. The topological polar surface area (TPSA) is 62.8 Å². The quantitative estimate of drug-likeness (QED) is 0.762.